The Hall–Kier alpha value is -1.21. The molecule has 2 fully saturated rings. The zero-order valence-electron chi connectivity index (χ0n) is 14.0. The summed E-state index contributed by atoms with van der Waals surface area (Å²) in [5, 5.41) is 0.909. The number of aromatic nitrogens is 2. The van der Waals surface area contributed by atoms with Crippen molar-refractivity contribution in [3.8, 4) is 0 Å². The highest BCUT2D eigenvalue weighted by atomic mass is 32.1. The lowest BCUT2D eigenvalue weighted by molar-refractivity contribution is -0.137. The number of rotatable bonds is 4. The molecule has 7 heteroatoms. The van der Waals surface area contributed by atoms with Crippen molar-refractivity contribution in [1.29, 1.82) is 0 Å². The second-order valence-electron chi connectivity index (χ2n) is 6.73. The van der Waals surface area contributed by atoms with Crippen LogP contribution in [0.5, 0.6) is 0 Å². The number of hydrogen-bond donors (Lipinski definition) is 0. The van der Waals surface area contributed by atoms with Crippen LogP contribution in [0.2, 0.25) is 0 Å². The van der Waals surface area contributed by atoms with Gasteiger partial charge in [0.15, 0.2) is 0 Å². The van der Waals surface area contributed by atoms with Crippen molar-refractivity contribution in [3.63, 3.8) is 0 Å². The molecule has 3 heterocycles. The third-order valence-electron chi connectivity index (χ3n) is 4.40. The van der Waals surface area contributed by atoms with E-state index in [0.717, 1.165) is 43.2 Å². The van der Waals surface area contributed by atoms with Crippen LogP contribution in [0.1, 0.15) is 38.9 Å². The van der Waals surface area contributed by atoms with Crippen LogP contribution < -0.4 is 4.90 Å². The van der Waals surface area contributed by atoms with Crippen molar-refractivity contribution >= 4 is 22.6 Å². The molecule has 1 atom stereocenters. The molecule has 0 bridgehead atoms. The van der Waals surface area contributed by atoms with E-state index in [1.807, 2.05) is 4.90 Å². The molecular weight excluding hydrogens is 312 g/mol. The Kier molecular flexibility index (Phi) is 5.48. The van der Waals surface area contributed by atoms with Gasteiger partial charge >= 0.3 is 0 Å². The van der Waals surface area contributed by atoms with E-state index < -0.39 is 0 Å². The lowest BCUT2D eigenvalue weighted by Crippen LogP contribution is -2.53. The topological polar surface area (TPSA) is 58.6 Å². The molecule has 2 aliphatic heterocycles. The van der Waals surface area contributed by atoms with Crippen LogP contribution in [0.25, 0.3) is 0 Å². The maximum absolute atomic E-state index is 12.9. The zero-order chi connectivity index (χ0) is 16.2. The largest absolute Gasteiger partial charge is 0.378 e. The Morgan fingerprint density at radius 1 is 1.30 bits per heavy atom. The normalized spacial score (nSPS) is 22.7. The number of nitrogens with zero attached hydrogens (tertiary/aromatic N) is 4. The minimum absolute atomic E-state index is 0.0818. The van der Waals surface area contributed by atoms with Crippen LogP contribution in [0.3, 0.4) is 0 Å². The van der Waals surface area contributed by atoms with Crippen molar-refractivity contribution in [2.45, 2.75) is 45.6 Å². The molecule has 1 aromatic rings. The molecule has 23 heavy (non-hydrogen) atoms. The molecule has 0 aromatic carbocycles. The number of carbonyl (C=O) groups excluding carboxylic acids is 1. The molecule has 3 rings (SSSR count). The van der Waals surface area contributed by atoms with Gasteiger partial charge in [-0.2, -0.15) is 4.37 Å². The van der Waals surface area contributed by atoms with Gasteiger partial charge in [-0.3, -0.25) is 4.79 Å². The summed E-state index contributed by atoms with van der Waals surface area (Å²) < 4.78 is 9.84. The predicted octanol–water partition coefficient (Wildman–Crippen LogP) is 1.95. The Morgan fingerprint density at radius 2 is 2.09 bits per heavy atom. The molecule has 1 aromatic heterocycles. The summed E-state index contributed by atoms with van der Waals surface area (Å²) in [7, 11) is 0. The van der Waals surface area contributed by atoms with Gasteiger partial charge in [0.05, 0.1) is 13.2 Å². The van der Waals surface area contributed by atoms with Gasteiger partial charge in [-0.15, -0.1) is 0 Å². The summed E-state index contributed by atoms with van der Waals surface area (Å²) in [4.78, 5) is 21.7. The number of ether oxygens (including phenoxy) is 1. The third-order valence-corrected chi connectivity index (χ3v) is 5.20. The molecular formula is C16H26N4O2S. The molecule has 0 radical (unpaired) electrons. The van der Waals surface area contributed by atoms with Gasteiger partial charge < -0.3 is 14.5 Å². The summed E-state index contributed by atoms with van der Waals surface area (Å²) in [6.45, 7) is 7.96. The van der Waals surface area contributed by atoms with Crippen LogP contribution in [0.15, 0.2) is 0 Å². The highest BCUT2D eigenvalue weighted by molar-refractivity contribution is 7.09. The number of piperidine rings is 1. The Morgan fingerprint density at radius 3 is 2.83 bits per heavy atom. The molecule has 0 aliphatic carbocycles. The van der Waals surface area contributed by atoms with E-state index in [1.165, 1.54) is 11.5 Å². The SMILES string of the molecule is CC(C)Cc1nsc(N2CCCCC2C(=O)N2CCOCC2)n1. The number of amides is 1. The molecule has 128 valence electrons. The van der Waals surface area contributed by atoms with Crippen LogP contribution in [-0.4, -0.2) is 59.1 Å². The highest BCUT2D eigenvalue weighted by Crippen LogP contribution is 2.28. The molecule has 0 N–H and O–H groups in total. The minimum Gasteiger partial charge on any atom is -0.378 e. The van der Waals surface area contributed by atoms with Crippen molar-refractivity contribution in [2.24, 2.45) is 5.92 Å². The molecule has 0 spiro atoms. The van der Waals surface area contributed by atoms with Crippen LogP contribution >= 0.6 is 11.5 Å². The summed E-state index contributed by atoms with van der Waals surface area (Å²) >= 11 is 1.44. The lowest BCUT2D eigenvalue weighted by atomic mass is 10.0. The molecule has 0 saturated carbocycles. The first-order chi connectivity index (χ1) is 11.1. The molecule has 2 aliphatic rings. The van der Waals surface area contributed by atoms with E-state index >= 15 is 0 Å². The number of anilines is 1. The third kappa shape index (κ3) is 4.01. The highest BCUT2D eigenvalue weighted by Gasteiger charge is 2.34. The average molecular weight is 338 g/mol. The van der Waals surface area contributed by atoms with Crippen molar-refractivity contribution in [1.82, 2.24) is 14.3 Å². The van der Waals surface area contributed by atoms with Crippen molar-refractivity contribution in [3.05, 3.63) is 5.82 Å². The average Bonchev–Trinajstić information content (AvgIpc) is 3.02. The standard InChI is InChI=1S/C16H26N4O2S/c1-12(2)11-14-17-16(23-18-14)20-6-4-3-5-13(20)15(21)19-7-9-22-10-8-19/h12-13H,3-11H2,1-2H3. The van der Waals surface area contributed by atoms with Gasteiger partial charge in [0.1, 0.15) is 11.9 Å². The fourth-order valence-corrected chi connectivity index (χ4v) is 3.99. The van der Waals surface area contributed by atoms with Crippen molar-refractivity contribution in [2.75, 3.05) is 37.7 Å². The number of carbonyl (C=O) groups is 1. The van der Waals surface area contributed by atoms with E-state index in [4.69, 9.17) is 4.74 Å². The second kappa shape index (κ2) is 7.57. The van der Waals surface area contributed by atoms with Gasteiger partial charge in [-0.25, -0.2) is 4.98 Å². The summed E-state index contributed by atoms with van der Waals surface area (Å²) in [6, 6.07) is -0.0818. The lowest BCUT2D eigenvalue weighted by Gasteiger charge is -2.38. The Labute approximate surface area is 142 Å². The fourth-order valence-electron chi connectivity index (χ4n) is 3.22. The number of morpholine rings is 1. The molecule has 1 unspecified atom stereocenters. The van der Waals surface area contributed by atoms with Gasteiger partial charge in [0, 0.05) is 37.6 Å². The van der Waals surface area contributed by atoms with Crippen LogP contribution in [0, 0.1) is 5.92 Å². The first-order valence-corrected chi connectivity index (χ1v) is 9.38. The summed E-state index contributed by atoms with van der Waals surface area (Å²) in [5.74, 6) is 1.68. The van der Waals surface area contributed by atoms with Gasteiger partial charge in [-0.1, -0.05) is 13.8 Å². The first-order valence-electron chi connectivity index (χ1n) is 8.61. The van der Waals surface area contributed by atoms with E-state index in [0.29, 0.717) is 32.2 Å². The Balaban J connectivity index is 1.72. The Bertz CT molecular complexity index is 528. The monoisotopic (exact) mass is 338 g/mol. The van der Waals surface area contributed by atoms with Crippen molar-refractivity contribution < 1.29 is 9.53 Å². The molecule has 6 nitrogen and oxygen atoms in total. The number of hydrogen-bond acceptors (Lipinski definition) is 6. The molecule has 2 saturated heterocycles. The minimum atomic E-state index is -0.0818. The summed E-state index contributed by atoms with van der Waals surface area (Å²) in [5.41, 5.74) is 0. The zero-order valence-corrected chi connectivity index (χ0v) is 14.8. The maximum atomic E-state index is 12.9. The van der Waals surface area contributed by atoms with Crippen LogP contribution in [0.4, 0.5) is 5.13 Å². The van der Waals surface area contributed by atoms with E-state index in [-0.39, 0.29) is 11.9 Å². The molecule has 1 amide bonds. The van der Waals surface area contributed by atoms with Crippen LogP contribution in [-0.2, 0) is 16.0 Å². The van der Waals surface area contributed by atoms with Gasteiger partial charge in [0.25, 0.3) is 0 Å². The van der Waals surface area contributed by atoms with Gasteiger partial charge in [0.2, 0.25) is 11.0 Å². The van der Waals surface area contributed by atoms with E-state index in [9.17, 15) is 4.79 Å². The summed E-state index contributed by atoms with van der Waals surface area (Å²) in [6.07, 6.45) is 4.03. The smallest absolute Gasteiger partial charge is 0.245 e. The first kappa shape index (κ1) is 16.6. The second-order valence-corrected chi connectivity index (χ2v) is 7.46. The maximum Gasteiger partial charge on any atom is 0.245 e. The predicted molar refractivity (Wildman–Crippen MR) is 90.8 cm³/mol. The van der Waals surface area contributed by atoms with E-state index in [1.54, 1.807) is 0 Å². The quantitative estimate of drug-likeness (QED) is 0.840. The fraction of sp³-hybridized carbons (Fsp3) is 0.812. The van der Waals surface area contributed by atoms with Gasteiger partial charge in [-0.05, 0) is 25.2 Å². The van der Waals surface area contributed by atoms with E-state index in [2.05, 4.69) is 28.1 Å².